The maximum absolute atomic E-state index is 11.8. The SMILES string of the molecule is NCC1=NCC(=O)c2ccc(-c3ccccn3)cc21. The second-order valence-corrected chi connectivity index (χ2v) is 4.37. The molecular weight excluding hydrogens is 238 g/mol. The van der Waals surface area contributed by atoms with E-state index in [-0.39, 0.29) is 12.3 Å². The quantitative estimate of drug-likeness (QED) is 0.883. The van der Waals surface area contributed by atoms with Crippen LogP contribution in [0.4, 0.5) is 0 Å². The van der Waals surface area contributed by atoms with Gasteiger partial charge in [-0.3, -0.25) is 14.8 Å². The Morgan fingerprint density at radius 2 is 2.05 bits per heavy atom. The van der Waals surface area contributed by atoms with Gasteiger partial charge in [0.05, 0.1) is 11.4 Å². The van der Waals surface area contributed by atoms with Gasteiger partial charge in [-0.2, -0.15) is 0 Å². The van der Waals surface area contributed by atoms with Gasteiger partial charge in [-0.25, -0.2) is 0 Å². The van der Waals surface area contributed by atoms with E-state index in [0.717, 1.165) is 22.5 Å². The molecule has 19 heavy (non-hydrogen) atoms. The monoisotopic (exact) mass is 251 g/mol. The number of fused-ring (bicyclic) bond motifs is 1. The summed E-state index contributed by atoms with van der Waals surface area (Å²) in [4.78, 5) is 20.4. The molecule has 0 unspecified atom stereocenters. The molecule has 2 heterocycles. The van der Waals surface area contributed by atoms with Gasteiger partial charge in [-0.05, 0) is 24.3 Å². The van der Waals surface area contributed by atoms with Crippen LogP contribution in [0.1, 0.15) is 15.9 Å². The predicted molar refractivity (Wildman–Crippen MR) is 74.5 cm³/mol. The van der Waals surface area contributed by atoms with E-state index >= 15 is 0 Å². The fraction of sp³-hybridized carbons (Fsp3) is 0.133. The summed E-state index contributed by atoms with van der Waals surface area (Å²) in [7, 11) is 0. The van der Waals surface area contributed by atoms with E-state index in [2.05, 4.69) is 9.98 Å². The number of hydrogen-bond donors (Lipinski definition) is 1. The van der Waals surface area contributed by atoms with Gasteiger partial charge in [0.15, 0.2) is 5.78 Å². The molecular formula is C15H13N3O. The number of nitrogens with zero attached hydrogens (tertiary/aromatic N) is 2. The van der Waals surface area contributed by atoms with Crippen molar-refractivity contribution < 1.29 is 4.79 Å². The standard InChI is InChI=1S/C15H13N3O/c16-8-14-12-7-10(13-3-1-2-6-17-13)4-5-11(12)15(19)9-18-14/h1-7H,8-9,16H2. The smallest absolute Gasteiger partial charge is 0.184 e. The summed E-state index contributed by atoms with van der Waals surface area (Å²) < 4.78 is 0. The van der Waals surface area contributed by atoms with Crippen molar-refractivity contribution in [2.24, 2.45) is 10.7 Å². The molecule has 2 N–H and O–H groups in total. The number of nitrogens with two attached hydrogens (primary N) is 1. The molecule has 0 fully saturated rings. The van der Waals surface area contributed by atoms with E-state index in [9.17, 15) is 4.79 Å². The first-order valence-electron chi connectivity index (χ1n) is 6.12. The van der Waals surface area contributed by atoms with E-state index in [0.29, 0.717) is 12.1 Å². The van der Waals surface area contributed by atoms with Crippen molar-refractivity contribution in [1.82, 2.24) is 4.98 Å². The number of hydrogen-bond acceptors (Lipinski definition) is 4. The summed E-state index contributed by atoms with van der Waals surface area (Å²) in [5.74, 6) is 0.0415. The van der Waals surface area contributed by atoms with Crippen LogP contribution in [0, 0.1) is 0 Å². The Labute approximate surface area is 111 Å². The van der Waals surface area contributed by atoms with Crippen molar-refractivity contribution in [3.05, 3.63) is 53.7 Å². The number of rotatable bonds is 2. The highest BCUT2D eigenvalue weighted by atomic mass is 16.1. The van der Waals surface area contributed by atoms with Crippen molar-refractivity contribution in [2.45, 2.75) is 0 Å². The van der Waals surface area contributed by atoms with Gasteiger partial charge in [0.25, 0.3) is 0 Å². The molecule has 2 aromatic rings. The van der Waals surface area contributed by atoms with E-state index in [1.54, 1.807) is 6.20 Å². The van der Waals surface area contributed by atoms with Crippen molar-refractivity contribution >= 4 is 11.5 Å². The lowest BCUT2D eigenvalue weighted by Crippen LogP contribution is -2.24. The third-order valence-electron chi connectivity index (χ3n) is 3.20. The number of aromatic nitrogens is 1. The Hall–Kier alpha value is -2.33. The van der Waals surface area contributed by atoms with Crippen LogP contribution in [0.5, 0.6) is 0 Å². The van der Waals surface area contributed by atoms with Crippen LogP contribution in [-0.4, -0.2) is 29.6 Å². The number of aliphatic imine (C=N–C) groups is 1. The number of benzene rings is 1. The minimum absolute atomic E-state index is 0.0415. The van der Waals surface area contributed by atoms with Crippen molar-refractivity contribution in [3.8, 4) is 11.3 Å². The minimum Gasteiger partial charge on any atom is -0.325 e. The molecule has 0 bridgehead atoms. The molecule has 0 radical (unpaired) electrons. The molecule has 1 aliphatic rings. The molecule has 1 aromatic carbocycles. The van der Waals surface area contributed by atoms with E-state index < -0.39 is 0 Å². The number of carbonyl (C=O) groups is 1. The summed E-state index contributed by atoms with van der Waals surface area (Å²) in [5, 5.41) is 0. The summed E-state index contributed by atoms with van der Waals surface area (Å²) in [6.07, 6.45) is 1.75. The molecule has 4 heteroatoms. The van der Waals surface area contributed by atoms with Gasteiger partial charge in [-0.1, -0.05) is 12.1 Å². The van der Waals surface area contributed by atoms with Gasteiger partial charge in [0.2, 0.25) is 0 Å². The van der Waals surface area contributed by atoms with Crippen LogP contribution in [0.15, 0.2) is 47.6 Å². The lowest BCUT2D eigenvalue weighted by Gasteiger charge is -2.16. The fourth-order valence-corrected chi connectivity index (χ4v) is 2.23. The number of carbonyl (C=O) groups excluding carboxylic acids is 1. The van der Waals surface area contributed by atoms with Crippen LogP contribution >= 0.6 is 0 Å². The van der Waals surface area contributed by atoms with Crippen LogP contribution in [-0.2, 0) is 0 Å². The third-order valence-corrected chi connectivity index (χ3v) is 3.20. The molecule has 0 saturated carbocycles. The second-order valence-electron chi connectivity index (χ2n) is 4.37. The minimum atomic E-state index is 0.0415. The van der Waals surface area contributed by atoms with Gasteiger partial charge in [0, 0.05) is 29.4 Å². The lowest BCUT2D eigenvalue weighted by atomic mass is 9.93. The van der Waals surface area contributed by atoms with Crippen LogP contribution in [0.3, 0.4) is 0 Å². The molecule has 1 aliphatic heterocycles. The molecule has 0 spiro atoms. The second kappa shape index (κ2) is 4.74. The first kappa shape index (κ1) is 11.7. The molecule has 1 aromatic heterocycles. The third kappa shape index (κ3) is 2.06. The number of Topliss-reactive ketones (excluding diaryl/α,β-unsaturated/α-hetero) is 1. The summed E-state index contributed by atoms with van der Waals surface area (Å²) >= 11 is 0. The topological polar surface area (TPSA) is 68.3 Å². The fourth-order valence-electron chi connectivity index (χ4n) is 2.23. The van der Waals surface area contributed by atoms with Crippen molar-refractivity contribution in [2.75, 3.05) is 13.1 Å². The first-order chi connectivity index (χ1) is 9.29. The Kier molecular flexibility index (Phi) is 2.93. The molecule has 4 nitrogen and oxygen atoms in total. The van der Waals surface area contributed by atoms with Crippen LogP contribution in [0.25, 0.3) is 11.3 Å². The predicted octanol–water partition coefficient (Wildman–Crippen LogP) is 1.69. The maximum Gasteiger partial charge on any atom is 0.184 e. The Bertz CT molecular complexity index is 662. The Balaban J connectivity index is 2.14. The Morgan fingerprint density at radius 3 is 2.79 bits per heavy atom. The largest absolute Gasteiger partial charge is 0.325 e. The number of ketones is 1. The molecule has 0 amide bonds. The average Bonchev–Trinajstić information content (AvgIpc) is 2.48. The summed E-state index contributed by atoms with van der Waals surface area (Å²) in [5.41, 5.74) is 9.86. The van der Waals surface area contributed by atoms with Crippen LogP contribution in [0.2, 0.25) is 0 Å². The lowest BCUT2D eigenvalue weighted by molar-refractivity contribution is 0.1000. The summed E-state index contributed by atoms with van der Waals surface area (Å²) in [6.45, 7) is 0.536. The molecule has 3 rings (SSSR count). The zero-order chi connectivity index (χ0) is 13.2. The molecule has 94 valence electrons. The summed E-state index contributed by atoms with van der Waals surface area (Å²) in [6, 6.07) is 11.4. The van der Waals surface area contributed by atoms with E-state index in [4.69, 9.17) is 5.73 Å². The molecule has 0 atom stereocenters. The molecule has 0 saturated heterocycles. The zero-order valence-corrected chi connectivity index (χ0v) is 10.3. The van der Waals surface area contributed by atoms with Crippen molar-refractivity contribution in [1.29, 1.82) is 0 Å². The normalized spacial score (nSPS) is 13.9. The van der Waals surface area contributed by atoms with E-state index in [1.807, 2.05) is 36.4 Å². The average molecular weight is 251 g/mol. The van der Waals surface area contributed by atoms with Gasteiger partial charge >= 0.3 is 0 Å². The van der Waals surface area contributed by atoms with Crippen molar-refractivity contribution in [3.63, 3.8) is 0 Å². The highest BCUT2D eigenvalue weighted by Gasteiger charge is 2.20. The first-order valence-corrected chi connectivity index (χ1v) is 6.12. The van der Waals surface area contributed by atoms with Gasteiger partial charge in [-0.15, -0.1) is 0 Å². The van der Waals surface area contributed by atoms with E-state index in [1.165, 1.54) is 0 Å². The zero-order valence-electron chi connectivity index (χ0n) is 10.3. The maximum atomic E-state index is 11.8. The van der Waals surface area contributed by atoms with Crippen LogP contribution < -0.4 is 5.73 Å². The molecule has 0 aliphatic carbocycles. The Morgan fingerprint density at radius 1 is 1.16 bits per heavy atom. The highest BCUT2D eigenvalue weighted by molar-refractivity contribution is 6.16. The highest BCUT2D eigenvalue weighted by Crippen LogP contribution is 2.23. The van der Waals surface area contributed by atoms with Gasteiger partial charge in [0.1, 0.15) is 6.54 Å². The van der Waals surface area contributed by atoms with Gasteiger partial charge < -0.3 is 5.73 Å². The number of pyridine rings is 1.